The van der Waals surface area contributed by atoms with Gasteiger partial charge in [0.15, 0.2) is 0 Å². The van der Waals surface area contributed by atoms with E-state index in [-0.39, 0.29) is 11.7 Å². The predicted octanol–water partition coefficient (Wildman–Crippen LogP) is 3.97. The van der Waals surface area contributed by atoms with Gasteiger partial charge in [0.25, 0.3) is 0 Å². The Hall–Kier alpha value is -2.93. The van der Waals surface area contributed by atoms with Crippen molar-refractivity contribution in [2.75, 3.05) is 6.54 Å². The Morgan fingerprint density at radius 3 is 2.83 bits per heavy atom. The highest BCUT2D eigenvalue weighted by atomic mass is 19.1. The molecule has 1 heterocycles. The molecule has 0 saturated carbocycles. The van der Waals surface area contributed by atoms with Crippen molar-refractivity contribution in [3.63, 3.8) is 0 Å². The Balaban J connectivity index is 2.14. The van der Waals surface area contributed by atoms with E-state index in [0.717, 1.165) is 35.1 Å². The van der Waals surface area contributed by atoms with Crippen LogP contribution in [-0.4, -0.2) is 12.5 Å². The molecule has 0 spiro atoms. The number of halogens is 1. The summed E-state index contributed by atoms with van der Waals surface area (Å²) in [5.74, 6) is -0.379. The maximum Gasteiger partial charge on any atom is 0.247 e. The first-order valence-electron chi connectivity index (χ1n) is 7.88. The molecule has 0 aliphatic carbocycles. The second-order valence-electron chi connectivity index (χ2n) is 5.89. The summed E-state index contributed by atoms with van der Waals surface area (Å²) in [7, 11) is 0. The Morgan fingerprint density at radius 1 is 1.29 bits per heavy atom. The Morgan fingerprint density at radius 2 is 2.12 bits per heavy atom. The molecule has 3 nitrogen and oxygen atoms in total. The van der Waals surface area contributed by atoms with Gasteiger partial charge < -0.3 is 5.32 Å². The molecular weight excluding hydrogens is 303 g/mol. The van der Waals surface area contributed by atoms with Crippen LogP contribution < -0.4 is 5.32 Å². The molecule has 3 rings (SSSR count). The molecule has 0 aromatic heterocycles. The number of carbonyl (C=O) groups is 1. The van der Waals surface area contributed by atoms with Crippen LogP contribution in [0.4, 0.5) is 4.39 Å². The van der Waals surface area contributed by atoms with Crippen molar-refractivity contribution in [2.45, 2.75) is 19.8 Å². The van der Waals surface area contributed by atoms with Crippen LogP contribution in [0.25, 0.3) is 17.2 Å². The van der Waals surface area contributed by atoms with Gasteiger partial charge in [-0.3, -0.25) is 4.79 Å². The third-order valence-corrected chi connectivity index (χ3v) is 4.24. The number of hydrogen-bond donors (Lipinski definition) is 1. The first-order chi connectivity index (χ1) is 11.6. The lowest BCUT2D eigenvalue weighted by molar-refractivity contribution is -0.118. The normalized spacial score (nSPS) is 15.9. The average molecular weight is 320 g/mol. The van der Waals surface area contributed by atoms with Gasteiger partial charge in [-0.05, 0) is 72.4 Å². The second-order valence-corrected chi connectivity index (χ2v) is 5.89. The fourth-order valence-corrected chi connectivity index (χ4v) is 2.94. The summed E-state index contributed by atoms with van der Waals surface area (Å²) >= 11 is 0. The van der Waals surface area contributed by atoms with Crippen LogP contribution in [0, 0.1) is 24.1 Å². The third kappa shape index (κ3) is 3.21. The Kier molecular flexibility index (Phi) is 4.43. The van der Waals surface area contributed by atoms with Gasteiger partial charge in [-0.15, -0.1) is 0 Å². The molecule has 4 heteroatoms. The molecule has 0 radical (unpaired) electrons. The quantitative estimate of drug-likeness (QED) is 0.851. The van der Waals surface area contributed by atoms with Gasteiger partial charge >= 0.3 is 0 Å². The molecule has 2 aromatic rings. The van der Waals surface area contributed by atoms with E-state index in [1.165, 1.54) is 12.1 Å². The first kappa shape index (κ1) is 15.9. The number of amides is 1. The lowest BCUT2D eigenvalue weighted by Crippen LogP contribution is -2.30. The van der Waals surface area contributed by atoms with E-state index < -0.39 is 0 Å². The minimum Gasteiger partial charge on any atom is -0.352 e. The summed E-state index contributed by atoms with van der Waals surface area (Å²) in [5.41, 5.74) is 4.47. The number of piperidine rings is 1. The van der Waals surface area contributed by atoms with E-state index in [4.69, 9.17) is 0 Å². The minimum atomic E-state index is -0.319. The smallest absolute Gasteiger partial charge is 0.247 e. The SMILES string of the molecule is Cc1c(/C=C2\CCCNC2=O)cc(C#N)cc1-c1cccc(F)c1. The van der Waals surface area contributed by atoms with Crippen molar-refractivity contribution in [3.8, 4) is 17.2 Å². The van der Waals surface area contributed by atoms with E-state index in [9.17, 15) is 14.4 Å². The van der Waals surface area contributed by atoms with Crippen LogP contribution >= 0.6 is 0 Å². The van der Waals surface area contributed by atoms with Crippen molar-refractivity contribution in [3.05, 3.63) is 64.5 Å². The first-order valence-corrected chi connectivity index (χ1v) is 7.88. The maximum atomic E-state index is 13.6. The number of nitrogens with zero attached hydrogens (tertiary/aromatic N) is 1. The largest absolute Gasteiger partial charge is 0.352 e. The Bertz CT molecular complexity index is 878. The molecule has 1 aliphatic heterocycles. The number of nitriles is 1. The minimum absolute atomic E-state index is 0.0599. The molecule has 2 aromatic carbocycles. The zero-order chi connectivity index (χ0) is 17.1. The van der Waals surface area contributed by atoms with Crippen LogP contribution in [0.15, 0.2) is 42.0 Å². The van der Waals surface area contributed by atoms with Gasteiger partial charge in [-0.1, -0.05) is 12.1 Å². The van der Waals surface area contributed by atoms with Gasteiger partial charge in [-0.25, -0.2) is 4.39 Å². The summed E-state index contributed by atoms with van der Waals surface area (Å²) in [6.45, 7) is 2.62. The molecule has 1 saturated heterocycles. The molecule has 1 aliphatic rings. The van der Waals surface area contributed by atoms with E-state index in [2.05, 4.69) is 11.4 Å². The van der Waals surface area contributed by atoms with Crippen LogP contribution in [0.2, 0.25) is 0 Å². The molecule has 0 bridgehead atoms. The van der Waals surface area contributed by atoms with Gasteiger partial charge in [0.2, 0.25) is 5.91 Å². The topological polar surface area (TPSA) is 52.9 Å². The van der Waals surface area contributed by atoms with Crippen LogP contribution in [0.5, 0.6) is 0 Å². The molecule has 0 unspecified atom stereocenters. The van der Waals surface area contributed by atoms with Crippen LogP contribution in [0.1, 0.15) is 29.5 Å². The highest BCUT2D eigenvalue weighted by Gasteiger charge is 2.16. The lowest BCUT2D eigenvalue weighted by atomic mass is 9.92. The highest BCUT2D eigenvalue weighted by molar-refractivity contribution is 5.99. The third-order valence-electron chi connectivity index (χ3n) is 4.24. The van der Waals surface area contributed by atoms with Crippen molar-refractivity contribution in [2.24, 2.45) is 0 Å². The molecule has 1 amide bonds. The fourth-order valence-electron chi connectivity index (χ4n) is 2.94. The van der Waals surface area contributed by atoms with E-state index in [1.54, 1.807) is 18.2 Å². The summed E-state index contributed by atoms with van der Waals surface area (Å²) in [6.07, 6.45) is 3.47. The lowest BCUT2D eigenvalue weighted by Gasteiger charge is -2.16. The highest BCUT2D eigenvalue weighted by Crippen LogP contribution is 2.30. The van der Waals surface area contributed by atoms with Crippen molar-refractivity contribution < 1.29 is 9.18 Å². The van der Waals surface area contributed by atoms with E-state index in [1.807, 2.05) is 19.1 Å². The number of rotatable bonds is 2. The van der Waals surface area contributed by atoms with Gasteiger partial charge in [0.1, 0.15) is 5.82 Å². The molecule has 0 atom stereocenters. The standard InChI is InChI=1S/C20H17FN2O/c1-13-17(10-16-5-3-7-23-20(16)24)8-14(12-22)9-19(13)15-4-2-6-18(21)11-15/h2,4,6,8-11H,3,5,7H2,1H3,(H,23,24)/b16-10+. The Labute approximate surface area is 140 Å². The summed E-state index contributed by atoms with van der Waals surface area (Å²) < 4.78 is 13.6. The van der Waals surface area contributed by atoms with Gasteiger partial charge in [-0.2, -0.15) is 5.26 Å². The summed E-state index contributed by atoms with van der Waals surface area (Å²) in [4.78, 5) is 12.0. The van der Waals surface area contributed by atoms with Crippen molar-refractivity contribution in [1.82, 2.24) is 5.32 Å². The number of nitrogens with one attached hydrogen (secondary N) is 1. The van der Waals surface area contributed by atoms with Crippen LogP contribution in [-0.2, 0) is 4.79 Å². The van der Waals surface area contributed by atoms with Gasteiger partial charge in [0, 0.05) is 12.1 Å². The molecular formula is C20H17FN2O. The number of carbonyl (C=O) groups excluding carboxylic acids is 1. The number of hydrogen-bond acceptors (Lipinski definition) is 2. The average Bonchev–Trinajstić information content (AvgIpc) is 2.58. The fraction of sp³-hybridized carbons (Fsp3) is 0.200. The molecule has 1 N–H and O–H groups in total. The summed E-state index contributed by atoms with van der Waals surface area (Å²) in [5, 5.41) is 12.1. The van der Waals surface area contributed by atoms with Crippen LogP contribution in [0.3, 0.4) is 0 Å². The van der Waals surface area contributed by atoms with Gasteiger partial charge in [0.05, 0.1) is 11.6 Å². The molecule has 120 valence electrons. The summed E-state index contributed by atoms with van der Waals surface area (Å²) in [6, 6.07) is 12.0. The zero-order valence-corrected chi connectivity index (χ0v) is 13.4. The maximum absolute atomic E-state index is 13.6. The monoisotopic (exact) mass is 320 g/mol. The van der Waals surface area contributed by atoms with Crippen molar-refractivity contribution in [1.29, 1.82) is 5.26 Å². The van der Waals surface area contributed by atoms with E-state index >= 15 is 0 Å². The van der Waals surface area contributed by atoms with Crippen molar-refractivity contribution >= 4 is 12.0 Å². The molecule has 1 fully saturated rings. The number of benzene rings is 2. The zero-order valence-electron chi connectivity index (χ0n) is 13.4. The predicted molar refractivity (Wildman–Crippen MR) is 91.5 cm³/mol. The molecule has 24 heavy (non-hydrogen) atoms. The second kappa shape index (κ2) is 6.67. The van der Waals surface area contributed by atoms with E-state index in [0.29, 0.717) is 17.7 Å².